The second-order valence-electron chi connectivity index (χ2n) is 13.1. The SMILES string of the molecule is O=C([O-])C(=O)[O-].O=S(=O)([O-])C(F)(F)F.O=S(=O)([O-])C(F)(F)F.[Cu+2].[Cu+2].c1ccc(Cn2cccn2)cc1.c1ccc(Cn2cccn2)cc1.c1ccc(Cn2cccn2)cc1.c1ccc(Cn2cccn2)cc1. The molecule has 0 unspecified atom stereocenters. The number of carbonyl (C=O) groups is 2. The molecule has 2 radical (unpaired) electrons. The smallest absolute Gasteiger partial charge is 0.741 e. The number of rotatable bonds is 8. The van der Waals surface area contributed by atoms with Crippen LogP contribution in [0.4, 0.5) is 26.3 Å². The van der Waals surface area contributed by atoms with Crippen LogP contribution in [0.15, 0.2) is 195 Å². The van der Waals surface area contributed by atoms with Gasteiger partial charge < -0.3 is 28.9 Å². The molecule has 0 saturated heterocycles. The molecule has 8 aromatic rings. The second-order valence-corrected chi connectivity index (χ2v) is 15.9. The minimum atomic E-state index is -6.09. The number of aromatic nitrogens is 8. The summed E-state index contributed by atoms with van der Waals surface area (Å²) in [6.07, 6.45) is 15.0. The van der Waals surface area contributed by atoms with Gasteiger partial charge in [-0.2, -0.15) is 46.7 Å². The largest absolute Gasteiger partial charge is 2.00 e. The van der Waals surface area contributed by atoms with E-state index in [9.17, 15) is 26.3 Å². The van der Waals surface area contributed by atoms with Crippen LogP contribution in [0.1, 0.15) is 22.3 Å². The van der Waals surface area contributed by atoms with Crippen molar-refractivity contribution in [2.75, 3.05) is 0 Å². The fraction of sp³-hybridized carbons (Fsp3) is 0.136. The summed E-state index contributed by atoms with van der Waals surface area (Å²) >= 11 is 0. The molecule has 4 aromatic heterocycles. The van der Waals surface area contributed by atoms with Gasteiger partial charge in [0.1, 0.15) is 0 Å². The van der Waals surface area contributed by atoms with Gasteiger partial charge >= 0.3 is 45.2 Å². The molecule has 18 nitrogen and oxygen atoms in total. The van der Waals surface area contributed by atoms with Crippen LogP contribution in [-0.2, 0) is 90.1 Å². The fourth-order valence-corrected chi connectivity index (χ4v) is 4.66. The molecule has 4 aromatic carbocycles. The topological polar surface area (TPSA) is 266 Å². The monoisotopic (exact) mass is 1140 g/mol. The Morgan fingerprint density at radius 1 is 0.389 bits per heavy atom. The minimum Gasteiger partial charge on any atom is -0.741 e. The Hall–Kier alpha value is -6.90. The Kier molecular flexibility index (Phi) is 30.4. The van der Waals surface area contributed by atoms with Crippen molar-refractivity contribution in [3.8, 4) is 0 Å². The molecule has 0 N–H and O–H groups in total. The van der Waals surface area contributed by atoms with Crippen LogP contribution in [0.25, 0.3) is 0 Å². The van der Waals surface area contributed by atoms with Crippen molar-refractivity contribution < 1.29 is 106 Å². The summed E-state index contributed by atoms with van der Waals surface area (Å²) in [6, 6.07) is 48.9. The van der Waals surface area contributed by atoms with Gasteiger partial charge in [-0.1, -0.05) is 121 Å². The van der Waals surface area contributed by atoms with Crippen molar-refractivity contribution in [1.82, 2.24) is 39.1 Å². The molecule has 0 atom stereocenters. The maximum absolute atomic E-state index is 10.7. The average Bonchev–Trinajstić information content (AvgIpc) is 4.17. The average molecular weight is 1150 g/mol. The number of halogens is 6. The first-order valence-electron chi connectivity index (χ1n) is 19.5. The Morgan fingerprint density at radius 3 is 0.667 bits per heavy atom. The van der Waals surface area contributed by atoms with Gasteiger partial charge in [-0.3, -0.25) is 18.7 Å². The van der Waals surface area contributed by atoms with Crippen LogP contribution in [0.2, 0.25) is 0 Å². The first kappa shape index (κ1) is 65.1. The molecule has 392 valence electrons. The summed E-state index contributed by atoms with van der Waals surface area (Å²) in [5, 5.41) is 34.4. The normalized spacial score (nSPS) is 10.4. The summed E-state index contributed by atoms with van der Waals surface area (Å²) in [6.45, 7) is 3.42. The van der Waals surface area contributed by atoms with Gasteiger partial charge in [0.15, 0.2) is 20.2 Å². The predicted molar refractivity (Wildman–Crippen MR) is 233 cm³/mol. The third-order valence-corrected chi connectivity index (χ3v) is 8.85. The summed E-state index contributed by atoms with van der Waals surface area (Å²) in [4.78, 5) is 17.9. The summed E-state index contributed by atoms with van der Waals surface area (Å²) in [7, 11) is -12.2. The maximum atomic E-state index is 10.7. The van der Waals surface area contributed by atoms with Crippen LogP contribution in [0, 0.1) is 0 Å². The van der Waals surface area contributed by atoms with E-state index >= 15 is 0 Å². The quantitative estimate of drug-likeness (QED) is 0.0675. The summed E-state index contributed by atoms with van der Waals surface area (Å²) < 4.78 is 125. The molecule has 0 spiro atoms. The standard InChI is InChI=1S/4C10H10N2.C2H2O4.2CHF3O3S.2Cu/c4*1-2-5-10(6-3-1)9-12-8-4-7-11-12;3-1(4)2(5)6;2*2-1(3,4)8(5,6)7;;/h4*1-8H,9H2;(H,3,4)(H,5,6);2*(H,5,6,7);;/q;;;;;;;2*+2/p-4. The molecule has 0 fully saturated rings. The van der Waals surface area contributed by atoms with Gasteiger partial charge in [0.05, 0.1) is 38.1 Å². The van der Waals surface area contributed by atoms with Crippen molar-refractivity contribution in [3.63, 3.8) is 0 Å². The van der Waals surface area contributed by atoms with Gasteiger partial charge in [-0.15, -0.1) is 0 Å². The van der Waals surface area contributed by atoms with Crippen LogP contribution < -0.4 is 10.2 Å². The van der Waals surface area contributed by atoms with Gasteiger partial charge in [0.25, 0.3) is 0 Å². The van der Waals surface area contributed by atoms with E-state index in [1.54, 1.807) is 24.8 Å². The Morgan fingerprint density at radius 2 is 0.556 bits per heavy atom. The predicted octanol–water partition coefficient (Wildman–Crippen LogP) is 4.31. The Labute approximate surface area is 430 Å². The van der Waals surface area contributed by atoms with E-state index in [4.69, 9.17) is 45.7 Å². The van der Waals surface area contributed by atoms with Gasteiger partial charge in [-0.05, 0) is 46.5 Å². The first-order valence-corrected chi connectivity index (χ1v) is 22.3. The van der Waals surface area contributed by atoms with E-state index in [-0.39, 0.29) is 34.1 Å². The zero-order valence-electron chi connectivity index (χ0n) is 36.7. The molecule has 72 heavy (non-hydrogen) atoms. The summed E-state index contributed by atoms with van der Waals surface area (Å²) in [5.74, 6) is -4.37. The van der Waals surface area contributed by atoms with Crippen molar-refractivity contribution in [2.45, 2.75) is 37.2 Å². The summed E-state index contributed by atoms with van der Waals surface area (Å²) in [5.41, 5.74) is -6.18. The molecule has 0 aliphatic carbocycles. The van der Waals surface area contributed by atoms with Crippen LogP contribution in [-0.4, -0.2) is 88.0 Å². The molecular weight excluding hydrogens is 1110 g/mol. The van der Waals surface area contributed by atoms with E-state index in [1.165, 1.54) is 22.3 Å². The third kappa shape index (κ3) is 29.3. The van der Waals surface area contributed by atoms with E-state index in [0.29, 0.717) is 0 Å². The molecular formula is C44H40Cu2F6N8O10S2. The third-order valence-electron chi connectivity index (χ3n) is 7.72. The molecule has 4 heterocycles. The fourth-order valence-electron chi connectivity index (χ4n) is 4.66. The van der Waals surface area contributed by atoms with Crippen molar-refractivity contribution in [3.05, 3.63) is 217 Å². The van der Waals surface area contributed by atoms with Gasteiger partial charge in [-0.25, -0.2) is 16.8 Å². The van der Waals surface area contributed by atoms with Crippen molar-refractivity contribution in [1.29, 1.82) is 0 Å². The molecule has 0 bridgehead atoms. The van der Waals surface area contributed by atoms with Crippen molar-refractivity contribution >= 4 is 32.2 Å². The molecule has 28 heteroatoms. The van der Waals surface area contributed by atoms with E-state index in [0.717, 1.165) is 26.2 Å². The molecule has 0 aliphatic rings. The number of hydrogen-bond donors (Lipinski definition) is 0. The number of nitrogens with zero attached hydrogens (tertiary/aromatic N) is 8. The van der Waals surface area contributed by atoms with E-state index in [1.807, 2.05) is 141 Å². The molecule has 0 aliphatic heterocycles. The number of alkyl halides is 6. The first-order chi connectivity index (χ1) is 32.9. The second kappa shape index (κ2) is 33.6. The van der Waals surface area contributed by atoms with Crippen LogP contribution >= 0.6 is 0 Å². The number of benzene rings is 4. The van der Waals surface area contributed by atoms with Gasteiger partial charge in [0, 0.05) is 49.6 Å². The van der Waals surface area contributed by atoms with Crippen LogP contribution in [0.3, 0.4) is 0 Å². The van der Waals surface area contributed by atoms with E-state index < -0.39 is 43.2 Å². The number of hydrogen-bond acceptors (Lipinski definition) is 14. The zero-order chi connectivity index (χ0) is 52.1. The number of carbonyl (C=O) groups excluding carboxylic acids is 2. The molecule has 0 amide bonds. The number of aliphatic carboxylic acids is 2. The van der Waals surface area contributed by atoms with Crippen LogP contribution in [0.5, 0.6) is 0 Å². The van der Waals surface area contributed by atoms with Gasteiger partial charge in [0.2, 0.25) is 0 Å². The maximum Gasteiger partial charge on any atom is 2.00 e. The zero-order valence-corrected chi connectivity index (χ0v) is 40.2. The Bertz CT molecular complexity index is 2500. The number of carboxylic acid groups (broad SMARTS) is 2. The molecule has 0 saturated carbocycles. The minimum absolute atomic E-state index is 0. The molecule has 8 rings (SSSR count). The van der Waals surface area contributed by atoms with E-state index in [2.05, 4.69) is 68.9 Å². The number of carboxylic acids is 2. The van der Waals surface area contributed by atoms with Crippen molar-refractivity contribution in [2.24, 2.45) is 0 Å². The Balaban J connectivity index is 0.000000824.